The number of rotatable bonds is 4. The third-order valence-electron chi connectivity index (χ3n) is 3.43. The lowest BCUT2D eigenvalue weighted by Crippen LogP contribution is -2.37. The van der Waals surface area contributed by atoms with Crippen LogP contribution in [0.15, 0.2) is 17.2 Å². The molecule has 0 aromatic carbocycles. The lowest BCUT2D eigenvalue weighted by Gasteiger charge is -2.24. The normalized spacial score (nSPS) is 15.2. The Labute approximate surface area is 109 Å². The van der Waals surface area contributed by atoms with Gasteiger partial charge in [-0.05, 0) is 33.6 Å². The second kappa shape index (κ2) is 5.55. The van der Waals surface area contributed by atoms with Gasteiger partial charge in [0.15, 0.2) is 5.82 Å². The number of aromatic nitrogens is 2. The third kappa shape index (κ3) is 3.34. The van der Waals surface area contributed by atoms with Crippen molar-refractivity contribution < 1.29 is 0 Å². The molecular weight excluding hydrogens is 226 g/mol. The summed E-state index contributed by atoms with van der Waals surface area (Å²) in [7, 11) is 0. The number of nitrogens with one attached hydrogen (secondary N) is 1. The molecule has 4 heteroatoms. The van der Waals surface area contributed by atoms with Crippen LogP contribution in [0.3, 0.4) is 0 Å². The molecule has 0 aliphatic rings. The van der Waals surface area contributed by atoms with E-state index in [0.29, 0.717) is 11.7 Å². The molecule has 0 bridgehead atoms. The average molecular weight is 251 g/mol. The van der Waals surface area contributed by atoms with Crippen LogP contribution in [0.1, 0.15) is 48.0 Å². The van der Waals surface area contributed by atoms with Gasteiger partial charge in [0.05, 0.1) is 0 Å². The molecule has 0 amide bonds. The zero-order valence-electron chi connectivity index (χ0n) is 12.3. The summed E-state index contributed by atoms with van der Waals surface area (Å²) in [4.78, 5) is 16.5. The maximum Gasteiger partial charge on any atom is 0.293 e. The fourth-order valence-electron chi connectivity index (χ4n) is 1.75. The van der Waals surface area contributed by atoms with E-state index in [1.54, 1.807) is 17.0 Å². The Hall–Kier alpha value is -1.32. The molecule has 1 aromatic heterocycles. The average Bonchev–Trinajstić information content (AvgIpc) is 2.29. The molecule has 0 aliphatic carbocycles. The van der Waals surface area contributed by atoms with E-state index >= 15 is 0 Å². The SMILES string of the molecule is CCC(C)C(C)Nc1nccn(C(C)(C)C)c1=O. The van der Waals surface area contributed by atoms with Crippen molar-refractivity contribution in [3.8, 4) is 0 Å². The lowest BCUT2D eigenvalue weighted by molar-refractivity contribution is 0.382. The summed E-state index contributed by atoms with van der Waals surface area (Å²) < 4.78 is 1.71. The van der Waals surface area contributed by atoms with Gasteiger partial charge in [-0.1, -0.05) is 20.3 Å². The molecule has 0 spiro atoms. The zero-order valence-corrected chi connectivity index (χ0v) is 12.3. The van der Waals surface area contributed by atoms with Crippen LogP contribution in [0.5, 0.6) is 0 Å². The van der Waals surface area contributed by atoms with Crippen LogP contribution < -0.4 is 10.9 Å². The molecule has 1 rings (SSSR count). The van der Waals surface area contributed by atoms with Gasteiger partial charge in [0.1, 0.15) is 0 Å². The summed E-state index contributed by atoms with van der Waals surface area (Å²) in [6, 6.07) is 0.242. The minimum atomic E-state index is -0.226. The highest BCUT2D eigenvalue weighted by Gasteiger charge is 2.18. The second-order valence-corrected chi connectivity index (χ2v) is 5.94. The maximum atomic E-state index is 12.3. The van der Waals surface area contributed by atoms with E-state index in [2.05, 4.69) is 31.1 Å². The molecular formula is C14H25N3O. The quantitative estimate of drug-likeness (QED) is 0.895. The number of anilines is 1. The first kappa shape index (κ1) is 14.7. The van der Waals surface area contributed by atoms with Crippen molar-refractivity contribution in [2.75, 3.05) is 5.32 Å². The van der Waals surface area contributed by atoms with Gasteiger partial charge in [0.2, 0.25) is 0 Å². The molecule has 1 heterocycles. The Morgan fingerprint density at radius 3 is 2.50 bits per heavy atom. The highest BCUT2D eigenvalue weighted by molar-refractivity contribution is 5.32. The van der Waals surface area contributed by atoms with Crippen LogP contribution in [0.25, 0.3) is 0 Å². The van der Waals surface area contributed by atoms with Gasteiger partial charge in [0, 0.05) is 24.0 Å². The Morgan fingerprint density at radius 1 is 1.39 bits per heavy atom. The highest BCUT2D eigenvalue weighted by Crippen LogP contribution is 2.13. The van der Waals surface area contributed by atoms with Crippen LogP contribution >= 0.6 is 0 Å². The molecule has 102 valence electrons. The first-order chi connectivity index (χ1) is 8.27. The molecule has 1 aromatic rings. The van der Waals surface area contributed by atoms with E-state index in [-0.39, 0.29) is 17.1 Å². The van der Waals surface area contributed by atoms with Crippen LogP contribution in [-0.2, 0) is 5.54 Å². The summed E-state index contributed by atoms with van der Waals surface area (Å²) in [5.41, 5.74) is -0.282. The molecule has 0 radical (unpaired) electrons. The predicted molar refractivity (Wildman–Crippen MR) is 76.0 cm³/mol. The van der Waals surface area contributed by atoms with Gasteiger partial charge in [-0.2, -0.15) is 0 Å². The van der Waals surface area contributed by atoms with E-state index in [4.69, 9.17) is 0 Å². The molecule has 1 N–H and O–H groups in total. The smallest absolute Gasteiger partial charge is 0.293 e. The Morgan fingerprint density at radius 2 is 2.00 bits per heavy atom. The van der Waals surface area contributed by atoms with Gasteiger partial charge in [-0.15, -0.1) is 0 Å². The van der Waals surface area contributed by atoms with Crippen molar-refractivity contribution in [3.05, 3.63) is 22.7 Å². The largest absolute Gasteiger partial charge is 0.363 e. The Kier molecular flexibility index (Phi) is 4.54. The minimum absolute atomic E-state index is 0.0554. The van der Waals surface area contributed by atoms with E-state index in [0.717, 1.165) is 6.42 Å². The van der Waals surface area contributed by atoms with Crippen molar-refractivity contribution >= 4 is 5.82 Å². The maximum absolute atomic E-state index is 12.3. The second-order valence-electron chi connectivity index (χ2n) is 5.94. The summed E-state index contributed by atoms with van der Waals surface area (Å²) in [6.45, 7) is 12.4. The molecule has 18 heavy (non-hydrogen) atoms. The summed E-state index contributed by atoms with van der Waals surface area (Å²) in [6.07, 6.45) is 4.49. The molecule has 2 atom stereocenters. The molecule has 2 unspecified atom stereocenters. The topological polar surface area (TPSA) is 46.9 Å². The number of hydrogen-bond donors (Lipinski definition) is 1. The zero-order chi connectivity index (χ0) is 13.9. The molecule has 0 aliphatic heterocycles. The van der Waals surface area contributed by atoms with Crippen LogP contribution in [0, 0.1) is 5.92 Å². The van der Waals surface area contributed by atoms with Gasteiger partial charge >= 0.3 is 0 Å². The predicted octanol–water partition coefficient (Wildman–Crippen LogP) is 2.84. The van der Waals surface area contributed by atoms with Crippen molar-refractivity contribution in [3.63, 3.8) is 0 Å². The van der Waals surface area contributed by atoms with Crippen LogP contribution in [-0.4, -0.2) is 15.6 Å². The van der Waals surface area contributed by atoms with Crippen molar-refractivity contribution in [1.29, 1.82) is 0 Å². The van der Waals surface area contributed by atoms with E-state index in [9.17, 15) is 4.79 Å². The third-order valence-corrected chi connectivity index (χ3v) is 3.43. The minimum Gasteiger partial charge on any atom is -0.363 e. The van der Waals surface area contributed by atoms with Crippen molar-refractivity contribution in [2.24, 2.45) is 5.92 Å². The first-order valence-corrected chi connectivity index (χ1v) is 6.62. The van der Waals surface area contributed by atoms with Crippen LogP contribution in [0.2, 0.25) is 0 Å². The lowest BCUT2D eigenvalue weighted by atomic mass is 10.0. The molecule has 0 saturated heterocycles. The highest BCUT2D eigenvalue weighted by atomic mass is 16.1. The number of hydrogen-bond acceptors (Lipinski definition) is 3. The Balaban J connectivity index is 3.02. The van der Waals surface area contributed by atoms with Crippen LogP contribution in [0.4, 0.5) is 5.82 Å². The van der Waals surface area contributed by atoms with Crippen molar-refractivity contribution in [2.45, 2.75) is 59.5 Å². The van der Waals surface area contributed by atoms with Gasteiger partial charge < -0.3 is 9.88 Å². The fraction of sp³-hybridized carbons (Fsp3) is 0.714. The van der Waals surface area contributed by atoms with Gasteiger partial charge in [-0.25, -0.2) is 4.98 Å². The summed E-state index contributed by atoms with van der Waals surface area (Å²) in [5, 5.41) is 3.23. The van der Waals surface area contributed by atoms with Crippen molar-refractivity contribution in [1.82, 2.24) is 9.55 Å². The summed E-state index contributed by atoms with van der Waals surface area (Å²) in [5.74, 6) is 0.953. The van der Waals surface area contributed by atoms with E-state index in [1.807, 2.05) is 20.8 Å². The Bertz CT molecular complexity index is 445. The first-order valence-electron chi connectivity index (χ1n) is 6.62. The fourth-order valence-corrected chi connectivity index (χ4v) is 1.75. The van der Waals surface area contributed by atoms with Gasteiger partial charge in [-0.3, -0.25) is 4.79 Å². The summed E-state index contributed by atoms with van der Waals surface area (Å²) >= 11 is 0. The van der Waals surface area contributed by atoms with Gasteiger partial charge in [0.25, 0.3) is 5.56 Å². The standard InChI is InChI=1S/C14H25N3O/c1-7-10(2)11(3)16-12-13(18)17(9-8-15-12)14(4,5)6/h8-11H,7H2,1-6H3,(H,15,16). The number of nitrogens with zero attached hydrogens (tertiary/aromatic N) is 2. The molecule has 0 fully saturated rings. The molecule has 0 saturated carbocycles. The monoisotopic (exact) mass is 251 g/mol. The van der Waals surface area contributed by atoms with E-state index in [1.165, 1.54) is 0 Å². The molecule has 4 nitrogen and oxygen atoms in total. The van der Waals surface area contributed by atoms with E-state index < -0.39 is 0 Å².